The Balaban J connectivity index is 1.46. The van der Waals surface area contributed by atoms with Gasteiger partial charge in [-0.3, -0.25) is 10.2 Å². The molecule has 0 spiro atoms. The molecule has 0 aliphatic carbocycles. The number of rotatable bonds is 6. The van der Waals surface area contributed by atoms with Gasteiger partial charge in [-0.1, -0.05) is 12.6 Å². The van der Waals surface area contributed by atoms with Crippen LogP contribution in [0.4, 0.5) is 23.1 Å². The van der Waals surface area contributed by atoms with E-state index in [-0.39, 0.29) is 5.91 Å². The number of nitrogens with zero attached hydrogens (tertiary/aromatic N) is 7. The standard InChI is InChI=1S/C28H39N9O/c1-5-25(38)34-12-14-36(15-13-34)27-21-8-10-35(26-19(2)6-7-23(30)22(26)16-29)11-9-24(21)31-28(32-27)37-17-20(18-37)33(3)4/h5-7,16,20,29H,1,8-15,17-18,30H2,2-4H3/p+1. The quantitative estimate of drug-likeness (QED) is 0.306. The number of benzene rings is 1. The van der Waals surface area contributed by atoms with Gasteiger partial charge in [0, 0.05) is 76.1 Å². The summed E-state index contributed by atoms with van der Waals surface area (Å²) in [6.45, 7) is 12.1. The molecule has 2 saturated heterocycles. The third-order valence-corrected chi connectivity index (χ3v) is 8.19. The zero-order valence-corrected chi connectivity index (χ0v) is 22.9. The molecule has 5 rings (SSSR count). The van der Waals surface area contributed by atoms with E-state index in [2.05, 4.69) is 53.3 Å². The van der Waals surface area contributed by atoms with Crippen LogP contribution in [-0.2, 0) is 17.6 Å². The van der Waals surface area contributed by atoms with E-state index in [1.807, 2.05) is 11.0 Å². The Morgan fingerprint density at radius 1 is 1.05 bits per heavy atom. The van der Waals surface area contributed by atoms with Crippen molar-refractivity contribution in [1.29, 1.82) is 0 Å². The highest BCUT2D eigenvalue weighted by Gasteiger charge is 2.33. The molecule has 2 fully saturated rings. The van der Waals surface area contributed by atoms with Gasteiger partial charge in [-0.05, 0) is 45.1 Å². The molecule has 202 valence electrons. The Kier molecular flexibility index (Phi) is 7.25. The van der Waals surface area contributed by atoms with E-state index in [1.165, 1.54) is 11.6 Å². The highest BCUT2D eigenvalue weighted by atomic mass is 16.2. The highest BCUT2D eigenvalue weighted by molar-refractivity contribution is 5.93. The smallest absolute Gasteiger partial charge is 0.246 e. The van der Waals surface area contributed by atoms with Gasteiger partial charge < -0.3 is 30.2 Å². The minimum absolute atomic E-state index is 0.0113. The number of hydrogen-bond donors (Lipinski definition) is 2. The second kappa shape index (κ2) is 10.6. The number of aromatic nitrogens is 2. The zero-order valence-electron chi connectivity index (χ0n) is 22.9. The van der Waals surface area contributed by atoms with Crippen molar-refractivity contribution < 1.29 is 10.2 Å². The second-order valence-corrected chi connectivity index (χ2v) is 10.7. The van der Waals surface area contributed by atoms with Crippen molar-refractivity contribution in [3.05, 3.63) is 47.2 Å². The number of likely N-dealkylation sites (N-methyl/N-ethyl adjacent to an activating group) is 1. The summed E-state index contributed by atoms with van der Waals surface area (Å²) in [7, 11) is 4.24. The zero-order chi connectivity index (χ0) is 27.0. The monoisotopic (exact) mass is 518 g/mol. The maximum absolute atomic E-state index is 12.2. The van der Waals surface area contributed by atoms with Crippen molar-refractivity contribution in [2.45, 2.75) is 25.8 Å². The molecule has 10 heteroatoms. The largest absolute Gasteiger partial charge is 0.398 e. The van der Waals surface area contributed by atoms with Gasteiger partial charge in [0.15, 0.2) is 6.21 Å². The number of carbonyl (C=O) groups is 1. The molecule has 0 radical (unpaired) electrons. The summed E-state index contributed by atoms with van der Waals surface area (Å²) in [6, 6.07) is 4.50. The van der Waals surface area contributed by atoms with Crippen LogP contribution in [0.5, 0.6) is 0 Å². The lowest BCUT2D eigenvalue weighted by Gasteiger charge is -2.43. The molecule has 4 N–H and O–H groups in total. The van der Waals surface area contributed by atoms with Crippen molar-refractivity contribution >= 4 is 35.3 Å². The average Bonchev–Trinajstić information content (AvgIpc) is 3.10. The highest BCUT2D eigenvalue weighted by Crippen LogP contribution is 2.34. The molecule has 38 heavy (non-hydrogen) atoms. The molecule has 1 amide bonds. The Bertz CT molecular complexity index is 1230. The lowest BCUT2D eigenvalue weighted by Crippen LogP contribution is -2.58. The van der Waals surface area contributed by atoms with Gasteiger partial charge in [0.2, 0.25) is 11.9 Å². The summed E-state index contributed by atoms with van der Waals surface area (Å²) in [6.07, 6.45) is 4.66. The van der Waals surface area contributed by atoms with Gasteiger partial charge in [0.25, 0.3) is 0 Å². The average molecular weight is 519 g/mol. The number of aryl methyl sites for hydroxylation is 1. The SMILES string of the molecule is C=CC(=O)N1CCN(c2nc(N3CC(N(C)C)C3)nc3c2CCN(c2c(C)ccc(N)c2C=[NH2+])CC3)CC1. The van der Waals surface area contributed by atoms with Crippen molar-refractivity contribution in [3.8, 4) is 0 Å². The molecule has 1 aromatic heterocycles. The van der Waals surface area contributed by atoms with Crippen molar-refractivity contribution in [2.75, 3.05) is 86.9 Å². The summed E-state index contributed by atoms with van der Waals surface area (Å²) in [5.74, 6) is 1.81. The number of fused-ring (bicyclic) bond motifs is 1. The first-order chi connectivity index (χ1) is 18.3. The molecule has 10 nitrogen and oxygen atoms in total. The van der Waals surface area contributed by atoms with Crippen LogP contribution in [-0.4, -0.2) is 104 Å². The predicted molar refractivity (Wildman–Crippen MR) is 153 cm³/mol. The number of nitrogens with two attached hydrogens (primary N) is 2. The molecule has 0 atom stereocenters. The molecule has 0 saturated carbocycles. The summed E-state index contributed by atoms with van der Waals surface area (Å²) in [5.41, 5.74) is 12.5. The van der Waals surface area contributed by atoms with Gasteiger partial charge in [0.05, 0.1) is 16.9 Å². The second-order valence-electron chi connectivity index (χ2n) is 10.7. The van der Waals surface area contributed by atoms with Crippen molar-refractivity contribution in [1.82, 2.24) is 19.8 Å². The first-order valence-corrected chi connectivity index (χ1v) is 13.5. The van der Waals surface area contributed by atoms with Crippen LogP contribution in [0.2, 0.25) is 0 Å². The van der Waals surface area contributed by atoms with Crippen LogP contribution >= 0.6 is 0 Å². The van der Waals surface area contributed by atoms with Gasteiger partial charge in [-0.15, -0.1) is 0 Å². The van der Waals surface area contributed by atoms with E-state index in [0.717, 1.165) is 86.4 Å². The Morgan fingerprint density at radius 3 is 2.42 bits per heavy atom. The number of carbonyl (C=O) groups excluding carboxylic acids is 1. The maximum Gasteiger partial charge on any atom is 0.246 e. The van der Waals surface area contributed by atoms with E-state index >= 15 is 0 Å². The van der Waals surface area contributed by atoms with Gasteiger partial charge >= 0.3 is 0 Å². The van der Waals surface area contributed by atoms with E-state index in [1.54, 1.807) is 6.21 Å². The van der Waals surface area contributed by atoms with Gasteiger partial charge in [-0.25, -0.2) is 4.98 Å². The molecule has 3 aliphatic heterocycles. The first-order valence-electron chi connectivity index (χ1n) is 13.5. The maximum atomic E-state index is 12.2. The predicted octanol–water partition coefficient (Wildman–Crippen LogP) is -0.265. The third kappa shape index (κ3) is 4.80. The molecular weight excluding hydrogens is 478 g/mol. The van der Waals surface area contributed by atoms with Gasteiger partial charge in [-0.2, -0.15) is 4.98 Å². The van der Waals surface area contributed by atoms with Crippen LogP contribution in [0.1, 0.15) is 22.4 Å². The molecule has 0 unspecified atom stereocenters. The summed E-state index contributed by atoms with van der Waals surface area (Å²) in [5, 5.41) is 6.02. The minimum atomic E-state index is -0.0113. The van der Waals surface area contributed by atoms with Crippen LogP contribution in [0.15, 0.2) is 24.8 Å². The fourth-order valence-electron chi connectivity index (χ4n) is 5.73. The number of nitrogen functional groups attached to an aromatic ring is 1. The van der Waals surface area contributed by atoms with Crippen LogP contribution < -0.4 is 25.8 Å². The summed E-state index contributed by atoms with van der Waals surface area (Å²) < 4.78 is 0. The molecule has 3 aliphatic rings. The number of amides is 1. The number of anilines is 4. The Morgan fingerprint density at radius 2 is 1.76 bits per heavy atom. The fourth-order valence-corrected chi connectivity index (χ4v) is 5.73. The molecule has 4 heterocycles. The van der Waals surface area contributed by atoms with Gasteiger partial charge in [0.1, 0.15) is 5.82 Å². The van der Waals surface area contributed by atoms with E-state index in [9.17, 15) is 4.79 Å². The van der Waals surface area contributed by atoms with E-state index in [4.69, 9.17) is 21.1 Å². The lowest BCUT2D eigenvalue weighted by atomic mass is 10.0. The van der Waals surface area contributed by atoms with Crippen LogP contribution in [0.3, 0.4) is 0 Å². The molecule has 2 aromatic rings. The number of piperazine rings is 1. The van der Waals surface area contributed by atoms with Crippen molar-refractivity contribution in [3.63, 3.8) is 0 Å². The topological polar surface area (TPSA) is 111 Å². The third-order valence-electron chi connectivity index (χ3n) is 8.19. The Hall–Kier alpha value is -3.66. The van der Waals surface area contributed by atoms with E-state index < -0.39 is 0 Å². The fraction of sp³-hybridized carbons (Fsp3) is 0.500. The summed E-state index contributed by atoms with van der Waals surface area (Å²) >= 11 is 0. The van der Waals surface area contributed by atoms with Crippen molar-refractivity contribution in [2.24, 2.45) is 0 Å². The Labute approximate surface area is 225 Å². The van der Waals surface area contributed by atoms with E-state index in [0.29, 0.717) is 24.8 Å². The molecule has 1 aromatic carbocycles. The van der Waals surface area contributed by atoms with Crippen LogP contribution in [0, 0.1) is 6.92 Å². The van der Waals surface area contributed by atoms with Crippen LogP contribution in [0.25, 0.3) is 0 Å². The summed E-state index contributed by atoms with van der Waals surface area (Å²) in [4.78, 5) is 33.6. The lowest BCUT2D eigenvalue weighted by molar-refractivity contribution is -0.126. The number of hydrogen-bond acceptors (Lipinski definition) is 8. The molecular formula is C28H40N9O+. The molecule has 0 bridgehead atoms. The first kappa shape index (κ1) is 26.0. The minimum Gasteiger partial charge on any atom is -0.398 e. The normalized spacial score (nSPS) is 18.2.